The van der Waals surface area contributed by atoms with Crippen molar-refractivity contribution in [3.8, 4) is 0 Å². The summed E-state index contributed by atoms with van der Waals surface area (Å²) in [5.74, 6) is -0.989. The van der Waals surface area contributed by atoms with Crippen LogP contribution in [0.5, 0.6) is 0 Å². The Hall–Kier alpha value is -1.52. The molecule has 10 heteroatoms. The van der Waals surface area contributed by atoms with Crippen LogP contribution in [0.1, 0.15) is 21.3 Å². The van der Waals surface area contributed by atoms with Gasteiger partial charge in [0.1, 0.15) is 10.7 Å². The molecule has 6 nitrogen and oxygen atoms in total. The molecule has 2 aromatic rings. The fourth-order valence-corrected chi connectivity index (χ4v) is 5.56. The van der Waals surface area contributed by atoms with Crippen molar-refractivity contribution >= 4 is 39.7 Å². The number of thiophene rings is 1. The molecule has 0 radical (unpaired) electrons. The lowest BCUT2D eigenvalue weighted by Gasteiger charge is -2.35. The van der Waals surface area contributed by atoms with Gasteiger partial charge in [-0.15, -0.1) is 23.7 Å². The highest BCUT2D eigenvalue weighted by Crippen LogP contribution is 2.31. The van der Waals surface area contributed by atoms with Crippen LogP contribution in [0.3, 0.4) is 0 Å². The molecule has 0 saturated carbocycles. The number of nitrogens with one attached hydrogen (secondary N) is 1. The minimum Gasteiger partial charge on any atom is -0.465 e. The fraction of sp³-hybridized carbons (Fsp3) is 0.312. The van der Waals surface area contributed by atoms with Crippen molar-refractivity contribution in [1.29, 1.82) is 0 Å². The lowest BCUT2D eigenvalue weighted by atomic mass is 10.1. The maximum Gasteiger partial charge on any atom is 0.348 e. The fourth-order valence-electron chi connectivity index (χ4n) is 2.77. The highest BCUT2D eigenvalue weighted by atomic mass is 35.5. The maximum atomic E-state index is 13.6. The molecule has 0 spiro atoms. The summed E-state index contributed by atoms with van der Waals surface area (Å²) >= 11 is 1.02. The first-order chi connectivity index (χ1) is 11.9. The number of rotatable bonds is 4. The van der Waals surface area contributed by atoms with E-state index < -0.39 is 27.9 Å². The zero-order valence-corrected chi connectivity index (χ0v) is 16.3. The molecule has 26 heavy (non-hydrogen) atoms. The number of halogens is 2. The normalized spacial score (nSPS) is 18.2. The van der Waals surface area contributed by atoms with E-state index in [1.807, 2.05) is 0 Å². The first-order valence-electron chi connectivity index (χ1n) is 7.58. The quantitative estimate of drug-likeness (QED) is 0.769. The van der Waals surface area contributed by atoms with Crippen LogP contribution < -0.4 is 5.32 Å². The number of ether oxygens (including phenoxy) is 1. The molecule has 1 N–H and O–H groups in total. The summed E-state index contributed by atoms with van der Waals surface area (Å²) in [6, 6.07) is 6.72. The molecule has 1 aromatic carbocycles. The van der Waals surface area contributed by atoms with Crippen LogP contribution in [-0.4, -0.2) is 45.4 Å². The van der Waals surface area contributed by atoms with E-state index in [1.165, 1.54) is 35.0 Å². The molecule has 1 atom stereocenters. The summed E-state index contributed by atoms with van der Waals surface area (Å²) in [5.41, 5.74) is 0.583. The monoisotopic (exact) mass is 420 g/mol. The van der Waals surface area contributed by atoms with Gasteiger partial charge < -0.3 is 10.1 Å². The average Bonchev–Trinajstić information content (AvgIpc) is 3.12. The lowest BCUT2D eigenvalue weighted by Crippen LogP contribution is -2.48. The number of hydrogen-bond donors (Lipinski definition) is 1. The summed E-state index contributed by atoms with van der Waals surface area (Å²) < 4.78 is 45.6. The van der Waals surface area contributed by atoms with Crippen molar-refractivity contribution in [2.45, 2.75) is 10.9 Å². The Morgan fingerprint density at radius 1 is 1.38 bits per heavy atom. The first kappa shape index (κ1) is 20.8. The smallest absolute Gasteiger partial charge is 0.348 e. The molecule has 142 valence electrons. The topological polar surface area (TPSA) is 75.7 Å². The third kappa shape index (κ3) is 4.07. The van der Waals surface area contributed by atoms with Crippen LogP contribution in [0, 0.1) is 5.82 Å². The minimum atomic E-state index is -3.82. The Bertz CT molecular complexity index is 888. The Kier molecular flexibility index (Phi) is 6.75. The largest absolute Gasteiger partial charge is 0.465 e. The molecule has 1 aliphatic rings. The first-order valence-corrected chi connectivity index (χ1v) is 9.90. The van der Waals surface area contributed by atoms with Gasteiger partial charge in [0, 0.05) is 25.0 Å². The number of carbonyl (C=O) groups excluding carboxylic acids is 1. The van der Waals surface area contributed by atoms with Gasteiger partial charge in [-0.1, -0.05) is 12.1 Å². The Labute approximate surface area is 161 Å². The van der Waals surface area contributed by atoms with Crippen molar-refractivity contribution in [2.24, 2.45) is 0 Å². The van der Waals surface area contributed by atoms with E-state index in [4.69, 9.17) is 0 Å². The van der Waals surface area contributed by atoms with Crippen molar-refractivity contribution in [1.82, 2.24) is 9.62 Å². The van der Waals surface area contributed by atoms with E-state index in [1.54, 1.807) is 12.1 Å². The molecular weight excluding hydrogens is 403 g/mol. The molecule has 1 aliphatic heterocycles. The predicted octanol–water partition coefficient (Wildman–Crippen LogP) is 2.43. The van der Waals surface area contributed by atoms with Crippen molar-refractivity contribution < 1.29 is 22.3 Å². The van der Waals surface area contributed by atoms with Crippen LogP contribution in [-0.2, 0) is 14.8 Å². The molecular formula is C16H18ClFN2O4S2. The third-order valence-corrected chi connectivity index (χ3v) is 6.94. The van der Waals surface area contributed by atoms with Gasteiger partial charge in [0.15, 0.2) is 0 Å². The molecule has 0 amide bonds. The van der Waals surface area contributed by atoms with E-state index >= 15 is 0 Å². The lowest BCUT2D eigenvalue weighted by molar-refractivity contribution is 0.0606. The van der Waals surface area contributed by atoms with Gasteiger partial charge in [0.25, 0.3) is 0 Å². The van der Waals surface area contributed by atoms with Gasteiger partial charge >= 0.3 is 5.97 Å². The van der Waals surface area contributed by atoms with E-state index in [0.29, 0.717) is 18.7 Å². The van der Waals surface area contributed by atoms with Crippen LogP contribution in [0.25, 0.3) is 0 Å². The maximum absolute atomic E-state index is 13.6. The second kappa shape index (κ2) is 8.45. The van der Waals surface area contributed by atoms with E-state index in [0.717, 1.165) is 11.3 Å². The molecule has 2 heterocycles. The molecule has 0 bridgehead atoms. The van der Waals surface area contributed by atoms with Gasteiger partial charge in [-0.25, -0.2) is 17.6 Å². The Morgan fingerprint density at radius 2 is 2.15 bits per heavy atom. The average molecular weight is 421 g/mol. The van der Waals surface area contributed by atoms with Crippen LogP contribution in [0.4, 0.5) is 4.39 Å². The molecule has 0 aliphatic carbocycles. The highest BCUT2D eigenvalue weighted by Gasteiger charge is 2.35. The van der Waals surface area contributed by atoms with Gasteiger partial charge in [-0.2, -0.15) is 4.31 Å². The van der Waals surface area contributed by atoms with Crippen LogP contribution >= 0.6 is 23.7 Å². The van der Waals surface area contributed by atoms with E-state index in [-0.39, 0.29) is 28.7 Å². The van der Waals surface area contributed by atoms with Crippen molar-refractivity contribution in [2.75, 3.05) is 26.7 Å². The zero-order valence-electron chi connectivity index (χ0n) is 13.8. The summed E-state index contributed by atoms with van der Waals surface area (Å²) in [6.45, 7) is 1.14. The van der Waals surface area contributed by atoms with Crippen molar-refractivity contribution in [3.05, 3.63) is 52.0 Å². The second-order valence-electron chi connectivity index (χ2n) is 5.53. The number of nitrogens with zero attached hydrogens (tertiary/aromatic N) is 1. The number of benzene rings is 1. The number of carbonyl (C=O) groups is 1. The van der Waals surface area contributed by atoms with Gasteiger partial charge in [-0.05, 0) is 23.8 Å². The number of methoxy groups -OCH3 is 1. The molecule has 1 saturated heterocycles. The number of esters is 1. The molecule has 1 fully saturated rings. The zero-order chi connectivity index (χ0) is 18.0. The van der Waals surface area contributed by atoms with Gasteiger partial charge in [0.2, 0.25) is 10.0 Å². The van der Waals surface area contributed by atoms with Crippen LogP contribution in [0.2, 0.25) is 0 Å². The Morgan fingerprint density at radius 3 is 2.85 bits per heavy atom. The third-order valence-electron chi connectivity index (χ3n) is 4.00. The minimum absolute atomic E-state index is 0. The number of sulfonamides is 1. The summed E-state index contributed by atoms with van der Waals surface area (Å²) in [4.78, 5) is 11.8. The predicted molar refractivity (Wildman–Crippen MR) is 98.8 cm³/mol. The SMILES string of the molecule is COC(=O)c1cc(S(=O)(=O)N2CCNCC2c2cccc(F)c2)cs1.Cl. The summed E-state index contributed by atoms with van der Waals surface area (Å²) in [7, 11) is -2.58. The number of hydrogen-bond acceptors (Lipinski definition) is 6. The molecule has 1 aromatic heterocycles. The Balaban J connectivity index is 0.00000243. The van der Waals surface area contributed by atoms with E-state index in [9.17, 15) is 17.6 Å². The number of piperazine rings is 1. The molecule has 1 unspecified atom stereocenters. The van der Waals surface area contributed by atoms with E-state index in [2.05, 4.69) is 10.1 Å². The van der Waals surface area contributed by atoms with Crippen LogP contribution in [0.15, 0.2) is 40.6 Å². The second-order valence-corrected chi connectivity index (χ2v) is 8.33. The van der Waals surface area contributed by atoms with Crippen molar-refractivity contribution in [3.63, 3.8) is 0 Å². The van der Waals surface area contributed by atoms with Gasteiger partial charge in [0.05, 0.1) is 18.0 Å². The molecule has 3 rings (SSSR count). The standard InChI is InChI=1S/C16H17FN2O4S2.ClH/c1-23-16(20)15-8-13(10-24-15)25(21,22)19-6-5-18-9-14(19)11-3-2-4-12(17)7-11;/h2-4,7-8,10,14,18H,5-6,9H2,1H3;1H. The van der Waals surface area contributed by atoms with Gasteiger partial charge in [-0.3, -0.25) is 0 Å². The highest BCUT2D eigenvalue weighted by molar-refractivity contribution is 7.89. The summed E-state index contributed by atoms with van der Waals surface area (Å²) in [5, 5.41) is 4.56. The summed E-state index contributed by atoms with van der Waals surface area (Å²) in [6.07, 6.45) is 0.